The quantitative estimate of drug-likeness (QED) is 0.621. The van der Waals surface area contributed by atoms with Crippen LogP contribution >= 0.6 is 0 Å². The summed E-state index contributed by atoms with van der Waals surface area (Å²) < 4.78 is 6.18. The third kappa shape index (κ3) is 8.55. The highest BCUT2D eigenvalue weighted by Gasteiger charge is 2.22. The summed E-state index contributed by atoms with van der Waals surface area (Å²) in [6.07, 6.45) is 3.22. The summed E-state index contributed by atoms with van der Waals surface area (Å²) in [5.41, 5.74) is 3.10. The van der Waals surface area contributed by atoms with Crippen LogP contribution in [-0.4, -0.2) is 90.6 Å². The summed E-state index contributed by atoms with van der Waals surface area (Å²) in [5, 5.41) is 12.2. The van der Waals surface area contributed by atoms with Gasteiger partial charge in [0, 0.05) is 57.9 Å². The topological polar surface area (TPSA) is 85.4 Å². The second-order valence-electron chi connectivity index (χ2n) is 9.95. The van der Waals surface area contributed by atoms with Gasteiger partial charge in [0.15, 0.2) is 0 Å². The lowest BCUT2D eigenvalue weighted by Gasteiger charge is -2.34. The molecule has 0 atom stereocenters. The van der Waals surface area contributed by atoms with Crippen molar-refractivity contribution < 1.29 is 19.4 Å². The maximum atomic E-state index is 13.1. The fraction of sp³-hybridized carbons (Fsp3) is 0.517. The Morgan fingerprint density at radius 3 is 2.51 bits per heavy atom. The smallest absolute Gasteiger partial charge is 0.234 e. The lowest BCUT2D eigenvalue weighted by Crippen LogP contribution is -2.49. The number of fused-ring (bicyclic) bond motifs is 1. The third-order valence-corrected chi connectivity index (χ3v) is 7.03. The zero-order valence-corrected chi connectivity index (χ0v) is 21.7. The Balaban J connectivity index is 1.49. The molecular formula is C29H40N4O4. The number of hydrogen-bond donors (Lipinski definition) is 2. The Bertz CT molecular complexity index is 1010. The van der Waals surface area contributed by atoms with Crippen molar-refractivity contribution in [2.45, 2.75) is 38.8 Å². The number of nitrogens with one attached hydrogen (secondary N) is 1. The summed E-state index contributed by atoms with van der Waals surface area (Å²) in [4.78, 5) is 32.0. The van der Waals surface area contributed by atoms with Crippen LogP contribution in [0, 0.1) is 0 Å². The van der Waals surface area contributed by atoms with E-state index < -0.39 is 0 Å². The number of β-amino-alcohol motifs (C(OH)–C–C–N with tert-alkyl or cyclic N) is 1. The Morgan fingerprint density at radius 1 is 0.919 bits per heavy atom. The molecule has 2 amide bonds. The van der Waals surface area contributed by atoms with Gasteiger partial charge in [-0.3, -0.25) is 19.4 Å². The molecule has 8 nitrogen and oxygen atoms in total. The van der Waals surface area contributed by atoms with Gasteiger partial charge >= 0.3 is 0 Å². The lowest BCUT2D eigenvalue weighted by molar-refractivity contribution is -0.132. The summed E-state index contributed by atoms with van der Waals surface area (Å²) in [6, 6.07) is 16.2. The van der Waals surface area contributed by atoms with Crippen molar-refractivity contribution >= 4 is 11.8 Å². The second kappa shape index (κ2) is 14.1. The van der Waals surface area contributed by atoms with E-state index in [1.54, 1.807) is 0 Å². The van der Waals surface area contributed by atoms with Gasteiger partial charge in [-0.15, -0.1) is 0 Å². The normalized spacial score (nSPS) is 18.5. The number of aliphatic hydroxyl groups is 1. The number of hydrogen-bond acceptors (Lipinski definition) is 6. The first-order valence-electron chi connectivity index (χ1n) is 13.5. The molecule has 0 radical (unpaired) electrons. The van der Waals surface area contributed by atoms with Crippen LogP contribution < -0.4 is 10.1 Å². The molecule has 2 heterocycles. The van der Waals surface area contributed by atoms with Crippen LogP contribution in [0.2, 0.25) is 0 Å². The minimum atomic E-state index is 0.0318. The fourth-order valence-corrected chi connectivity index (χ4v) is 4.98. The first-order valence-corrected chi connectivity index (χ1v) is 13.5. The summed E-state index contributed by atoms with van der Waals surface area (Å²) in [7, 11) is 0. The minimum absolute atomic E-state index is 0.0318. The maximum Gasteiger partial charge on any atom is 0.234 e. The van der Waals surface area contributed by atoms with Crippen molar-refractivity contribution in [1.29, 1.82) is 0 Å². The molecule has 2 aromatic carbocycles. The van der Waals surface area contributed by atoms with Crippen molar-refractivity contribution in [2.24, 2.45) is 0 Å². The molecule has 2 N–H and O–H groups in total. The van der Waals surface area contributed by atoms with E-state index in [0.29, 0.717) is 58.8 Å². The van der Waals surface area contributed by atoms with Crippen molar-refractivity contribution in [1.82, 2.24) is 20.0 Å². The second-order valence-corrected chi connectivity index (χ2v) is 9.95. The summed E-state index contributed by atoms with van der Waals surface area (Å²) in [6.45, 7) is 6.59. The molecule has 0 unspecified atom stereocenters. The Kier molecular flexibility index (Phi) is 10.3. The van der Waals surface area contributed by atoms with Gasteiger partial charge in [0.1, 0.15) is 5.75 Å². The zero-order chi connectivity index (χ0) is 25.9. The first-order chi connectivity index (χ1) is 18.1. The van der Waals surface area contributed by atoms with Gasteiger partial charge in [-0.2, -0.15) is 0 Å². The number of amides is 2. The Morgan fingerprint density at radius 2 is 1.73 bits per heavy atom. The van der Waals surface area contributed by atoms with E-state index in [1.807, 2.05) is 35.2 Å². The van der Waals surface area contributed by atoms with Gasteiger partial charge in [-0.05, 0) is 36.5 Å². The number of aliphatic hydroxyl groups excluding tert-OH is 1. The van der Waals surface area contributed by atoms with Gasteiger partial charge in [0.05, 0.1) is 26.2 Å². The summed E-state index contributed by atoms with van der Waals surface area (Å²) in [5.74, 6) is 0.977. The SMILES string of the molecule is O=C1CN(Cc2ccccc2)Cc2cc(CC(=O)N3CCN(CCO)CC3)ccc2OCCCCCN1. The van der Waals surface area contributed by atoms with Crippen LogP contribution in [0.25, 0.3) is 0 Å². The van der Waals surface area contributed by atoms with E-state index in [0.717, 1.165) is 54.8 Å². The molecule has 0 spiro atoms. The lowest BCUT2D eigenvalue weighted by atomic mass is 10.0. The van der Waals surface area contributed by atoms with Gasteiger partial charge in [0.2, 0.25) is 11.8 Å². The Labute approximate surface area is 220 Å². The molecule has 0 aromatic heterocycles. The summed E-state index contributed by atoms with van der Waals surface area (Å²) >= 11 is 0. The highest BCUT2D eigenvalue weighted by Crippen LogP contribution is 2.24. The third-order valence-electron chi connectivity index (χ3n) is 7.03. The van der Waals surface area contributed by atoms with Gasteiger partial charge in [-0.1, -0.05) is 42.5 Å². The van der Waals surface area contributed by atoms with E-state index in [1.165, 1.54) is 0 Å². The van der Waals surface area contributed by atoms with Crippen LogP contribution in [0.3, 0.4) is 0 Å². The molecule has 0 aliphatic carbocycles. The van der Waals surface area contributed by atoms with Crippen LogP contribution in [0.4, 0.5) is 0 Å². The van der Waals surface area contributed by atoms with Crippen molar-refractivity contribution in [3.63, 3.8) is 0 Å². The van der Waals surface area contributed by atoms with Gasteiger partial charge in [-0.25, -0.2) is 0 Å². The molecule has 8 heteroatoms. The van der Waals surface area contributed by atoms with E-state index in [4.69, 9.17) is 9.84 Å². The standard InChI is InChI=1S/C29H40N4O4/c34-17-16-31-12-14-33(15-13-31)29(36)20-25-9-10-27-26(19-25)22-32(21-24-7-3-1-4-8-24)23-28(35)30-11-5-2-6-18-37-27/h1,3-4,7-10,19,34H,2,5-6,11-18,20-23H2,(H,30,35). The average molecular weight is 509 g/mol. The Hall–Kier alpha value is -2.94. The highest BCUT2D eigenvalue weighted by atomic mass is 16.5. The van der Waals surface area contributed by atoms with Crippen LogP contribution in [-0.2, 0) is 29.1 Å². The predicted molar refractivity (Wildman–Crippen MR) is 143 cm³/mol. The molecule has 2 aromatic rings. The van der Waals surface area contributed by atoms with Gasteiger partial charge in [0.25, 0.3) is 0 Å². The number of carbonyl (C=O) groups excluding carboxylic acids is 2. The number of piperazine rings is 1. The molecule has 2 aliphatic rings. The minimum Gasteiger partial charge on any atom is -0.493 e. The molecule has 0 bridgehead atoms. The largest absolute Gasteiger partial charge is 0.493 e. The van der Waals surface area contributed by atoms with Crippen LogP contribution in [0.1, 0.15) is 36.0 Å². The van der Waals surface area contributed by atoms with Crippen molar-refractivity contribution in [2.75, 3.05) is 59.0 Å². The molecule has 4 rings (SSSR count). The van der Waals surface area contributed by atoms with Crippen molar-refractivity contribution in [3.05, 3.63) is 65.2 Å². The number of benzene rings is 2. The average Bonchev–Trinajstić information content (AvgIpc) is 2.91. The van der Waals surface area contributed by atoms with E-state index in [-0.39, 0.29) is 18.4 Å². The fourth-order valence-electron chi connectivity index (χ4n) is 4.98. The number of ether oxygens (including phenoxy) is 1. The molecular weight excluding hydrogens is 468 g/mol. The van der Waals surface area contributed by atoms with E-state index in [9.17, 15) is 9.59 Å². The molecule has 1 fully saturated rings. The maximum absolute atomic E-state index is 13.1. The highest BCUT2D eigenvalue weighted by molar-refractivity contribution is 5.79. The first kappa shape index (κ1) is 27.1. The molecule has 0 saturated carbocycles. The monoisotopic (exact) mass is 508 g/mol. The van der Waals surface area contributed by atoms with Crippen LogP contribution in [0.5, 0.6) is 5.75 Å². The number of rotatable bonds is 6. The molecule has 2 aliphatic heterocycles. The molecule has 1 saturated heterocycles. The number of carbonyl (C=O) groups is 2. The van der Waals surface area contributed by atoms with Gasteiger partial charge < -0.3 is 20.1 Å². The number of nitrogens with zero attached hydrogens (tertiary/aromatic N) is 3. The van der Waals surface area contributed by atoms with Crippen molar-refractivity contribution in [3.8, 4) is 5.75 Å². The predicted octanol–water partition coefficient (Wildman–Crippen LogP) is 2.05. The zero-order valence-electron chi connectivity index (χ0n) is 21.7. The van der Waals surface area contributed by atoms with E-state index >= 15 is 0 Å². The molecule has 37 heavy (non-hydrogen) atoms. The van der Waals surface area contributed by atoms with Crippen LogP contribution in [0.15, 0.2) is 48.5 Å². The van der Waals surface area contributed by atoms with E-state index in [2.05, 4.69) is 33.3 Å². The molecule has 200 valence electrons.